The normalized spacial score (nSPS) is 17.2. The minimum Gasteiger partial charge on any atom is -0.454 e. The molecule has 3 rings (SSSR count). The third-order valence-electron chi connectivity index (χ3n) is 4.18. The molecule has 0 saturated carbocycles. The van der Waals surface area contributed by atoms with Crippen LogP contribution in [0.5, 0.6) is 11.5 Å². The molecule has 0 amide bonds. The van der Waals surface area contributed by atoms with Crippen molar-refractivity contribution >= 4 is 29.9 Å². The van der Waals surface area contributed by atoms with Gasteiger partial charge in [0.15, 0.2) is 17.5 Å². The van der Waals surface area contributed by atoms with Gasteiger partial charge in [-0.1, -0.05) is 6.07 Å². The molecule has 3 N–H and O–H groups in total. The zero-order chi connectivity index (χ0) is 16.6. The van der Waals surface area contributed by atoms with E-state index in [0.717, 1.165) is 70.3 Å². The molecule has 0 bridgehead atoms. The smallest absolute Gasteiger partial charge is 0.231 e. The lowest BCUT2D eigenvalue weighted by atomic mass is 10.1. The van der Waals surface area contributed by atoms with Gasteiger partial charge in [0.1, 0.15) is 0 Å². The summed E-state index contributed by atoms with van der Waals surface area (Å²) >= 11 is 0. The molecule has 7 nitrogen and oxygen atoms in total. The molecule has 0 atom stereocenters. The van der Waals surface area contributed by atoms with E-state index in [1.54, 1.807) is 0 Å². The van der Waals surface area contributed by atoms with E-state index in [1.165, 1.54) is 5.56 Å². The minimum absolute atomic E-state index is 0. The molecule has 1 saturated heterocycles. The number of morpholine rings is 1. The summed E-state index contributed by atoms with van der Waals surface area (Å²) < 4.78 is 16.0. The number of nitrogens with two attached hydrogens (primary N) is 1. The highest BCUT2D eigenvalue weighted by Crippen LogP contribution is 2.32. The van der Waals surface area contributed by atoms with Gasteiger partial charge in [0, 0.05) is 32.7 Å². The van der Waals surface area contributed by atoms with Gasteiger partial charge in [-0.05, 0) is 30.5 Å². The summed E-state index contributed by atoms with van der Waals surface area (Å²) in [6.45, 7) is 6.58. The number of ether oxygens (including phenoxy) is 3. The molecule has 2 aliphatic heterocycles. The lowest BCUT2D eigenvalue weighted by Gasteiger charge is -2.26. The van der Waals surface area contributed by atoms with Gasteiger partial charge in [0.25, 0.3) is 0 Å². The molecule has 1 aromatic carbocycles. The fourth-order valence-corrected chi connectivity index (χ4v) is 2.81. The fourth-order valence-electron chi connectivity index (χ4n) is 2.81. The van der Waals surface area contributed by atoms with Gasteiger partial charge < -0.3 is 25.3 Å². The molecular formula is C17H27IN4O3. The first-order valence-corrected chi connectivity index (χ1v) is 8.54. The fraction of sp³-hybridized carbons (Fsp3) is 0.588. The zero-order valence-corrected chi connectivity index (χ0v) is 16.7. The molecule has 0 aromatic heterocycles. The summed E-state index contributed by atoms with van der Waals surface area (Å²) in [7, 11) is 0. The minimum atomic E-state index is 0. The number of hydrogen-bond donors (Lipinski definition) is 2. The van der Waals surface area contributed by atoms with E-state index in [-0.39, 0.29) is 24.0 Å². The Labute approximate surface area is 165 Å². The molecule has 0 spiro atoms. The van der Waals surface area contributed by atoms with E-state index in [0.29, 0.717) is 12.8 Å². The summed E-state index contributed by atoms with van der Waals surface area (Å²) in [6, 6.07) is 6.01. The van der Waals surface area contributed by atoms with E-state index < -0.39 is 0 Å². The van der Waals surface area contributed by atoms with Gasteiger partial charge in [-0.2, -0.15) is 0 Å². The van der Waals surface area contributed by atoms with Crippen molar-refractivity contribution in [2.24, 2.45) is 10.7 Å². The number of nitrogens with zero attached hydrogens (tertiary/aromatic N) is 2. The molecule has 0 radical (unpaired) electrons. The number of nitrogens with one attached hydrogen (secondary N) is 1. The van der Waals surface area contributed by atoms with Crippen molar-refractivity contribution in [1.82, 2.24) is 10.2 Å². The Bertz CT molecular complexity index is 565. The molecule has 2 heterocycles. The number of guanidine groups is 1. The van der Waals surface area contributed by atoms with E-state index in [4.69, 9.17) is 19.9 Å². The summed E-state index contributed by atoms with van der Waals surface area (Å²) in [4.78, 5) is 6.78. The highest BCUT2D eigenvalue weighted by atomic mass is 127. The summed E-state index contributed by atoms with van der Waals surface area (Å²) in [5.74, 6) is 2.14. The number of aliphatic imine (C=N–C) groups is 1. The molecule has 0 unspecified atom stereocenters. The first-order chi connectivity index (χ1) is 11.8. The van der Waals surface area contributed by atoms with Gasteiger partial charge in [-0.15, -0.1) is 24.0 Å². The van der Waals surface area contributed by atoms with Crippen LogP contribution in [0.2, 0.25) is 0 Å². The van der Waals surface area contributed by atoms with Crippen LogP contribution in [-0.2, 0) is 11.2 Å². The number of fused-ring (bicyclic) bond motifs is 1. The van der Waals surface area contributed by atoms with Crippen molar-refractivity contribution in [3.63, 3.8) is 0 Å². The second-order valence-corrected chi connectivity index (χ2v) is 5.94. The predicted molar refractivity (Wildman–Crippen MR) is 108 cm³/mol. The molecule has 1 fully saturated rings. The molecule has 1 aromatic rings. The number of halogens is 1. The standard InChI is InChI=1S/C17H26N4O3.HI/c18-17(19-5-1-7-21-8-10-22-11-9-21)20-6-4-14-2-3-15-16(12-14)24-13-23-15;/h2-3,12H,1,4-11,13H2,(H3,18,19,20);1H. The quantitative estimate of drug-likeness (QED) is 0.275. The predicted octanol–water partition coefficient (Wildman–Crippen LogP) is 1.20. The second-order valence-electron chi connectivity index (χ2n) is 5.94. The first kappa shape index (κ1) is 20.1. The Morgan fingerprint density at radius 2 is 2.00 bits per heavy atom. The topological polar surface area (TPSA) is 81.3 Å². The van der Waals surface area contributed by atoms with Crippen molar-refractivity contribution in [3.8, 4) is 11.5 Å². The highest BCUT2D eigenvalue weighted by Gasteiger charge is 2.13. The van der Waals surface area contributed by atoms with E-state index in [2.05, 4.69) is 15.2 Å². The van der Waals surface area contributed by atoms with Crippen LogP contribution in [0.1, 0.15) is 12.0 Å². The first-order valence-electron chi connectivity index (χ1n) is 8.54. The Balaban J connectivity index is 0.00000225. The molecular weight excluding hydrogens is 435 g/mol. The highest BCUT2D eigenvalue weighted by molar-refractivity contribution is 14.0. The molecule has 140 valence electrons. The maximum absolute atomic E-state index is 5.91. The zero-order valence-electron chi connectivity index (χ0n) is 14.4. The monoisotopic (exact) mass is 462 g/mol. The van der Waals surface area contributed by atoms with Crippen molar-refractivity contribution in [2.45, 2.75) is 12.8 Å². The van der Waals surface area contributed by atoms with Gasteiger partial charge >= 0.3 is 0 Å². The Morgan fingerprint density at radius 3 is 2.84 bits per heavy atom. The van der Waals surface area contributed by atoms with Crippen LogP contribution >= 0.6 is 24.0 Å². The Kier molecular flexibility index (Phi) is 8.56. The van der Waals surface area contributed by atoms with Gasteiger partial charge in [-0.3, -0.25) is 9.89 Å². The number of rotatable bonds is 7. The van der Waals surface area contributed by atoms with E-state index in [9.17, 15) is 0 Å². The van der Waals surface area contributed by atoms with Crippen molar-refractivity contribution in [2.75, 3.05) is 52.7 Å². The van der Waals surface area contributed by atoms with E-state index >= 15 is 0 Å². The number of hydrogen-bond acceptors (Lipinski definition) is 5. The van der Waals surface area contributed by atoms with Crippen LogP contribution in [0, 0.1) is 0 Å². The van der Waals surface area contributed by atoms with Gasteiger partial charge in [0.2, 0.25) is 6.79 Å². The Morgan fingerprint density at radius 1 is 1.20 bits per heavy atom. The molecule has 2 aliphatic rings. The van der Waals surface area contributed by atoms with Crippen LogP contribution < -0.4 is 20.5 Å². The third-order valence-corrected chi connectivity index (χ3v) is 4.18. The summed E-state index contributed by atoms with van der Waals surface area (Å²) in [5.41, 5.74) is 7.09. The number of benzene rings is 1. The van der Waals surface area contributed by atoms with E-state index in [1.807, 2.05) is 18.2 Å². The lowest BCUT2D eigenvalue weighted by Crippen LogP contribution is -2.37. The van der Waals surface area contributed by atoms with Gasteiger partial charge in [0.05, 0.1) is 13.2 Å². The van der Waals surface area contributed by atoms with Crippen LogP contribution in [0.15, 0.2) is 23.2 Å². The Hall–Kier alpha value is -1.26. The van der Waals surface area contributed by atoms with Crippen LogP contribution in [0.25, 0.3) is 0 Å². The second kappa shape index (κ2) is 10.7. The van der Waals surface area contributed by atoms with Crippen molar-refractivity contribution < 1.29 is 14.2 Å². The largest absolute Gasteiger partial charge is 0.454 e. The lowest BCUT2D eigenvalue weighted by molar-refractivity contribution is 0.0377. The summed E-state index contributed by atoms with van der Waals surface area (Å²) in [6.07, 6.45) is 1.88. The van der Waals surface area contributed by atoms with Crippen LogP contribution in [-0.4, -0.2) is 63.6 Å². The van der Waals surface area contributed by atoms with Crippen molar-refractivity contribution in [3.05, 3.63) is 23.8 Å². The van der Waals surface area contributed by atoms with Crippen molar-refractivity contribution in [1.29, 1.82) is 0 Å². The SMILES string of the molecule is I.NC(=NCCCN1CCOCC1)NCCc1ccc2c(c1)OCO2. The average Bonchev–Trinajstić information content (AvgIpc) is 3.07. The maximum Gasteiger partial charge on any atom is 0.231 e. The third kappa shape index (κ3) is 6.52. The molecule has 0 aliphatic carbocycles. The maximum atomic E-state index is 5.91. The molecule has 8 heteroatoms. The van der Waals surface area contributed by atoms with Crippen LogP contribution in [0.4, 0.5) is 0 Å². The average molecular weight is 462 g/mol. The van der Waals surface area contributed by atoms with Gasteiger partial charge in [-0.25, -0.2) is 0 Å². The summed E-state index contributed by atoms with van der Waals surface area (Å²) in [5, 5.41) is 3.16. The molecule has 25 heavy (non-hydrogen) atoms. The van der Waals surface area contributed by atoms with Crippen LogP contribution in [0.3, 0.4) is 0 Å².